The number of aromatic hydroxyl groups is 1. The van der Waals surface area contributed by atoms with Crippen LogP contribution in [0, 0.1) is 13.8 Å². The molecule has 28 heavy (non-hydrogen) atoms. The van der Waals surface area contributed by atoms with E-state index in [1.165, 1.54) is 4.90 Å². The Balaban J connectivity index is 1.40. The SMILES string of the molecule is Cc1cc(C(=O)C[NH+]2CCN(c3ccc(O)cc3)CC2)c(C)n1-c1nccs1. The van der Waals surface area contributed by atoms with Crippen LogP contribution in [0.15, 0.2) is 41.9 Å². The summed E-state index contributed by atoms with van der Waals surface area (Å²) < 4.78 is 2.07. The number of aromatic nitrogens is 2. The molecule has 1 fully saturated rings. The lowest BCUT2D eigenvalue weighted by Crippen LogP contribution is -3.15. The van der Waals surface area contributed by atoms with E-state index in [1.807, 2.05) is 37.4 Å². The van der Waals surface area contributed by atoms with Crippen molar-refractivity contribution in [2.75, 3.05) is 37.6 Å². The second-order valence-electron chi connectivity index (χ2n) is 7.29. The second-order valence-corrected chi connectivity index (χ2v) is 8.16. The summed E-state index contributed by atoms with van der Waals surface area (Å²) >= 11 is 1.58. The number of nitrogens with one attached hydrogen (secondary N) is 1. The zero-order valence-electron chi connectivity index (χ0n) is 16.2. The molecule has 6 nitrogen and oxygen atoms in total. The van der Waals surface area contributed by atoms with Crippen LogP contribution in [0.25, 0.3) is 5.13 Å². The fraction of sp³-hybridized carbons (Fsp3) is 0.333. The van der Waals surface area contributed by atoms with Gasteiger partial charge < -0.3 is 14.9 Å². The smallest absolute Gasteiger partial charge is 0.218 e. The summed E-state index contributed by atoms with van der Waals surface area (Å²) in [5.74, 6) is 0.484. The number of anilines is 1. The van der Waals surface area contributed by atoms with Gasteiger partial charge in [0.15, 0.2) is 5.13 Å². The van der Waals surface area contributed by atoms with Crippen LogP contribution < -0.4 is 9.80 Å². The number of hydrogen-bond donors (Lipinski definition) is 2. The predicted molar refractivity (Wildman–Crippen MR) is 111 cm³/mol. The number of phenolic OH excluding ortho intramolecular Hbond substituents is 1. The Morgan fingerprint density at radius 3 is 2.57 bits per heavy atom. The number of carbonyl (C=O) groups is 1. The molecule has 2 N–H and O–H groups in total. The number of benzene rings is 1. The Morgan fingerprint density at radius 2 is 1.93 bits per heavy atom. The van der Waals surface area contributed by atoms with Gasteiger partial charge in [0.1, 0.15) is 12.3 Å². The minimum Gasteiger partial charge on any atom is -0.508 e. The number of phenols is 1. The van der Waals surface area contributed by atoms with Crippen molar-refractivity contribution in [3.63, 3.8) is 0 Å². The number of hydrogen-bond acceptors (Lipinski definition) is 5. The highest BCUT2D eigenvalue weighted by Gasteiger charge is 2.25. The van der Waals surface area contributed by atoms with E-state index in [9.17, 15) is 9.90 Å². The maximum absolute atomic E-state index is 13.0. The average molecular weight is 398 g/mol. The molecule has 0 aliphatic carbocycles. The van der Waals surface area contributed by atoms with Crippen molar-refractivity contribution < 1.29 is 14.8 Å². The van der Waals surface area contributed by atoms with Gasteiger partial charge in [0.05, 0.1) is 26.2 Å². The van der Waals surface area contributed by atoms with Gasteiger partial charge in [-0.15, -0.1) is 11.3 Å². The van der Waals surface area contributed by atoms with E-state index in [0.717, 1.165) is 53.9 Å². The van der Waals surface area contributed by atoms with Crippen molar-refractivity contribution >= 4 is 22.8 Å². The van der Waals surface area contributed by atoms with Crippen LogP contribution in [0.5, 0.6) is 5.75 Å². The first-order valence-electron chi connectivity index (χ1n) is 9.52. The molecule has 1 aromatic carbocycles. The number of carbonyl (C=O) groups excluding carboxylic acids is 1. The monoisotopic (exact) mass is 397 g/mol. The molecule has 0 bridgehead atoms. The standard InChI is InChI=1S/C21H24N4O2S/c1-15-13-19(16(2)25(15)21-22-7-12-28-21)20(27)14-23-8-10-24(11-9-23)17-3-5-18(26)6-4-17/h3-7,12-13,26H,8-11,14H2,1-2H3/p+1. The minimum absolute atomic E-state index is 0.198. The van der Waals surface area contributed by atoms with Crippen molar-refractivity contribution in [2.45, 2.75) is 13.8 Å². The maximum atomic E-state index is 13.0. The van der Waals surface area contributed by atoms with Crippen LogP contribution in [0.1, 0.15) is 21.7 Å². The first-order chi connectivity index (χ1) is 13.5. The lowest BCUT2D eigenvalue weighted by atomic mass is 10.1. The average Bonchev–Trinajstić information content (AvgIpc) is 3.31. The number of aryl methyl sites for hydroxylation is 1. The Bertz CT molecular complexity index is 955. The fourth-order valence-electron chi connectivity index (χ4n) is 3.91. The van der Waals surface area contributed by atoms with Crippen molar-refractivity contribution in [1.29, 1.82) is 0 Å². The molecule has 1 aliphatic heterocycles. The molecule has 146 valence electrons. The van der Waals surface area contributed by atoms with Gasteiger partial charge in [-0.1, -0.05) is 0 Å². The number of thiazole rings is 1. The highest BCUT2D eigenvalue weighted by molar-refractivity contribution is 7.12. The first-order valence-corrected chi connectivity index (χ1v) is 10.4. The second kappa shape index (κ2) is 7.77. The van der Waals surface area contributed by atoms with E-state index in [-0.39, 0.29) is 11.5 Å². The number of rotatable bonds is 5. The highest BCUT2D eigenvalue weighted by Crippen LogP contribution is 2.22. The molecular weight excluding hydrogens is 372 g/mol. The van der Waals surface area contributed by atoms with E-state index < -0.39 is 0 Å². The topological polar surface area (TPSA) is 62.8 Å². The lowest BCUT2D eigenvalue weighted by Gasteiger charge is -2.33. The predicted octanol–water partition coefficient (Wildman–Crippen LogP) is 1.84. The van der Waals surface area contributed by atoms with Crippen LogP contribution in [-0.2, 0) is 0 Å². The molecule has 2 aromatic heterocycles. The van der Waals surface area contributed by atoms with Crippen molar-refractivity contribution in [3.8, 4) is 10.9 Å². The summed E-state index contributed by atoms with van der Waals surface area (Å²) in [4.78, 5) is 21.0. The molecular formula is C21H25N4O2S+. The van der Waals surface area contributed by atoms with Crippen molar-refractivity contribution in [2.24, 2.45) is 0 Å². The van der Waals surface area contributed by atoms with E-state index in [4.69, 9.17) is 0 Å². The van der Waals surface area contributed by atoms with Gasteiger partial charge in [0.2, 0.25) is 5.78 Å². The number of nitrogens with zero attached hydrogens (tertiary/aromatic N) is 3. The summed E-state index contributed by atoms with van der Waals surface area (Å²) in [6, 6.07) is 9.32. The van der Waals surface area contributed by atoms with Crippen molar-refractivity contribution in [1.82, 2.24) is 9.55 Å². The van der Waals surface area contributed by atoms with Gasteiger partial charge in [-0.3, -0.25) is 9.36 Å². The Hall–Kier alpha value is -2.64. The normalized spacial score (nSPS) is 15.1. The number of quaternary nitrogens is 1. The summed E-state index contributed by atoms with van der Waals surface area (Å²) in [6.45, 7) is 8.21. The van der Waals surface area contributed by atoms with Gasteiger partial charge in [0.25, 0.3) is 0 Å². The van der Waals surface area contributed by atoms with Gasteiger partial charge >= 0.3 is 0 Å². The molecule has 0 radical (unpaired) electrons. The number of piperazine rings is 1. The van der Waals surface area contributed by atoms with E-state index >= 15 is 0 Å². The summed E-state index contributed by atoms with van der Waals surface area (Å²) in [5, 5.41) is 12.3. The summed E-state index contributed by atoms with van der Waals surface area (Å²) in [5.41, 5.74) is 3.94. The van der Waals surface area contributed by atoms with Gasteiger partial charge in [-0.25, -0.2) is 4.98 Å². The highest BCUT2D eigenvalue weighted by atomic mass is 32.1. The van der Waals surface area contributed by atoms with Crippen LogP contribution in [-0.4, -0.2) is 53.2 Å². The molecule has 0 amide bonds. The zero-order valence-corrected chi connectivity index (χ0v) is 17.0. The van der Waals surface area contributed by atoms with Crippen molar-refractivity contribution in [3.05, 3.63) is 58.9 Å². The minimum atomic E-state index is 0.198. The molecule has 3 aromatic rings. The Kier molecular flexibility index (Phi) is 5.19. The summed E-state index contributed by atoms with van der Waals surface area (Å²) in [6.07, 6.45) is 1.79. The fourth-order valence-corrected chi connectivity index (χ4v) is 4.66. The molecule has 3 heterocycles. The van der Waals surface area contributed by atoms with Crippen LogP contribution in [0.3, 0.4) is 0 Å². The zero-order chi connectivity index (χ0) is 19.7. The molecule has 0 atom stereocenters. The van der Waals surface area contributed by atoms with Crippen LogP contribution >= 0.6 is 11.3 Å². The third kappa shape index (κ3) is 3.68. The first kappa shape index (κ1) is 18.7. The van der Waals surface area contributed by atoms with E-state index in [0.29, 0.717) is 6.54 Å². The maximum Gasteiger partial charge on any atom is 0.218 e. The molecule has 7 heteroatoms. The molecule has 1 saturated heterocycles. The van der Waals surface area contributed by atoms with Crippen LogP contribution in [0.2, 0.25) is 0 Å². The number of ketones is 1. The van der Waals surface area contributed by atoms with Gasteiger partial charge in [0, 0.05) is 34.2 Å². The van der Waals surface area contributed by atoms with E-state index in [2.05, 4.69) is 14.5 Å². The van der Waals surface area contributed by atoms with E-state index in [1.54, 1.807) is 29.7 Å². The Morgan fingerprint density at radius 1 is 1.21 bits per heavy atom. The molecule has 4 rings (SSSR count). The number of Topliss-reactive ketones (excluding diaryl/α,β-unsaturated/α-hetero) is 1. The van der Waals surface area contributed by atoms with Gasteiger partial charge in [-0.05, 0) is 44.2 Å². The van der Waals surface area contributed by atoms with Crippen LogP contribution in [0.4, 0.5) is 5.69 Å². The molecule has 0 unspecified atom stereocenters. The molecule has 0 saturated carbocycles. The lowest BCUT2D eigenvalue weighted by molar-refractivity contribution is -0.892. The molecule has 1 aliphatic rings. The third-order valence-corrected chi connectivity index (χ3v) is 6.19. The summed E-state index contributed by atoms with van der Waals surface area (Å²) in [7, 11) is 0. The quantitative estimate of drug-likeness (QED) is 0.645. The molecule has 0 spiro atoms. The van der Waals surface area contributed by atoms with Gasteiger partial charge in [-0.2, -0.15) is 0 Å². The largest absolute Gasteiger partial charge is 0.508 e. The third-order valence-electron chi connectivity index (χ3n) is 5.44. The Labute approximate surface area is 168 Å².